The molecule has 0 radical (unpaired) electrons. The van der Waals surface area contributed by atoms with Gasteiger partial charge in [-0.05, 0) is 51.3 Å². The second-order valence-electron chi connectivity index (χ2n) is 7.03. The van der Waals surface area contributed by atoms with Crippen LogP contribution in [0.2, 0.25) is 0 Å². The molecule has 7 heteroatoms. The second-order valence-corrected chi connectivity index (χ2v) is 7.03. The van der Waals surface area contributed by atoms with E-state index in [0.717, 1.165) is 0 Å². The van der Waals surface area contributed by atoms with E-state index >= 15 is 0 Å². The maximum atomic E-state index is 12.9. The number of esters is 2. The predicted molar refractivity (Wildman–Crippen MR) is 117 cm³/mol. The summed E-state index contributed by atoms with van der Waals surface area (Å²) in [6, 6.07) is 7.13. The highest BCUT2D eigenvalue weighted by molar-refractivity contribution is 6.00. The molecule has 166 valence electrons. The van der Waals surface area contributed by atoms with Gasteiger partial charge in [-0.3, -0.25) is 0 Å². The molecule has 1 aliphatic rings. The number of hydrogen-bond donors (Lipinski definition) is 2. The van der Waals surface area contributed by atoms with Crippen LogP contribution in [0.5, 0.6) is 0 Å². The predicted octanol–water partition coefficient (Wildman–Crippen LogP) is 3.93. The minimum Gasteiger partial charge on any atom is -0.478 e. The molecule has 0 saturated heterocycles. The van der Waals surface area contributed by atoms with Gasteiger partial charge in [0.2, 0.25) is 0 Å². The molecule has 1 aromatic rings. The quantitative estimate of drug-likeness (QED) is 0.479. The van der Waals surface area contributed by atoms with Crippen molar-refractivity contribution in [3.05, 3.63) is 63.5 Å². The Bertz CT molecular complexity index is 930. The van der Waals surface area contributed by atoms with Gasteiger partial charge in [0.25, 0.3) is 0 Å². The SMILES string of the molecule is CCOC(=O)C1=C(C)NC(C)=C(C(=O)OCC)C1c1ccccc1/C=C(/CC)C(=O)O. The van der Waals surface area contributed by atoms with Crippen LogP contribution in [0.25, 0.3) is 6.08 Å². The Morgan fingerprint density at radius 3 is 1.94 bits per heavy atom. The molecule has 0 aromatic heterocycles. The van der Waals surface area contributed by atoms with E-state index in [4.69, 9.17) is 9.47 Å². The summed E-state index contributed by atoms with van der Waals surface area (Å²) < 4.78 is 10.6. The normalized spacial score (nSPS) is 14.9. The zero-order chi connectivity index (χ0) is 23.1. The van der Waals surface area contributed by atoms with Crippen molar-refractivity contribution in [3.63, 3.8) is 0 Å². The summed E-state index contributed by atoms with van der Waals surface area (Å²) in [5.74, 6) is -2.87. The highest BCUT2D eigenvalue weighted by Crippen LogP contribution is 2.41. The van der Waals surface area contributed by atoms with Gasteiger partial charge in [0.05, 0.1) is 30.3 Å². The topological polar surface area (TPSA) is 102 Å². The average molecular weight is 427 g/mol. The van der Waals surface area contributed by atoms with Gasteiger partial charge in [0.15, 0.2) is 0 Å². The molecule has 1 heterocycles. The third-order valence-electron chi connectivity index (χ3n) is 5.04. The molecule has 1 aliphatic heterocycles. The molecule has 2 N–H and O–H groups in total. The highest BCUT2D eigenvalue weighted by Gasteiger charge is 2.38. The lowest BCUT2D eigenvalue weighted by Crippen LogP contribution is -2.32. The molecule has 31 heavy (non-hydrogen) atoms. The first kappa shape index (κ1) is 23.9. The molecule has 0 amide bonds. The lowest BCUT2D eigenvalue weighted by atomic mass is 9.78. The molecule has 0 fully saturated rings. The number of benzene rings is 1. The fourth-order valence-corrected chi connectivity index (χ4v) is 3.67. The van der Waals surface area contributed by atoms with Crippen LogP contribution in [-0.2, 0) is 23.9 Å². The molecule has 0 saturated carbocycles. The van der Waals surface area contributed by atoms with Crippen molar-refractivity contribution < 1.29 is 29.0 Å². The summed E-state index contributed by atoms with van der Waals surface area (Å²) in [7, 11) is 0. The number of carboxylic acids is 1. The molecular formula is C24H29NO6. The van der Waals surface area contributed by atoms with E-state index in [0.29, 0.717) is 40.1 Å². The fraction of sp³-hybridized carbons (Fsp3) is 0.375. The summed E-state index contributed by atoms with van der Waals surface area (Å²) in [5, 5.41) is 12.6. The van der Waals surface area contributed by atoms with Crippen LogP contribution in [0.1, 0.15) is 58.1 Å². The second kappa shape index (κ2) is 10.6. The van der Waals surface area contributed by atoms with Gasteiger partial charge in [-0.2, -0.15) is 0 Å². The van der Waals surface area contributed by atoms with Crippen molar-refractivity contribution in [2.45, 2.75) is 47.0 Å². The summed E-state index contributed by atoms with van der Waals surface area (Å²) in [5.41, 5.74) is 3.19. The number of carbonyl (C=O) groups is 3. The zero-order valence-electron chi connectivity index (χ0n) is 18.6. The molecule has 0 spiro atoms. The van der Waals surface area contributed by atoms with Crippen LogP contribution >= 0.6 is 0 Å². The van der Waals surface area contributed by atoms with Crippen LogP contribution < -0.4 is 5.32 Å². The summed E-state index contributed by atoms with van der Waals surface area (Å²) in [6.07, 6.45) is 1.91. The molecule has 0 aliphatic carbocycles. The number of carboxylic acid groups (broad SMARTS) is 1. The van der Waals surface area contributed by atoms with Crippen LogP contribution in [0.15, 0.2) is 52.4 Å². The van der Waals surface area contributed by atoms with Crippen LogP contribution in [0.4, 0.5) is 0 Å². The minimum atomic E-state index is -1.02. The van der Waals surface area contributed by atoms with Crippen LogP contribution in [0.3, 0.4) is 0 Å². The smallest absolute Gasteiger partial charge is 0.336 e. The summed E-state index contributed by atoms with van der Waals surface area (Å²) in [4.78, 5) is 37.4. The van der Waals surface area contributed by atoms with Gasteiger partial charge < -0.3 is 19.9 Å². The Morgan fingerprint density at radius 2 is 1.48 bits per heavy atom. The van der Waals surface area contributed by atoms with Crippen molar-refractivity contribution >= 4 is 24.0 Å². The number of aliphatic carboxylic acids is 1. The first-order valence-electron chi connectivity index (χ1n) is 10.3. The Hall–Kier alpha value is -3.35. The van der Waals surface area contributed by atoms with Gasteiger partial charge in [-0.15, -0.1) is 0 Å². The van der Waals surface area contributed by atoms with Gasteiger partial charge >= 0.3 is 17.9 Å². The third kappa shape index (κ3) is 5.23. The molecule has 0 unspecified atom stereocenters. The molecule has 7 nitrogen and oxygen atoms in total. The first-order valence-corrected chi connectivity index (χ1v) is 10.3. The number of ether oxygens (including phenoxy) is 2. The maximum absolute atomic E-state index is 12.9. The number of hydrogen-bond acceptors (Lipinski definition) is 6. The number of allylic oxidation sites excluding steroid dienone is 2. The first-order chi connectivity index (χ1) is 14.8. The van der Waals surface area contributed by atoms with E-state index in [1.54, 1.807) is 65.0 Å². The molecule has 2 rings (SSSR count). The maximum Gasteiger partial charge on any atom is 0.336 e. The number of dihydropyridines is 1. The van der Waals surface area contributed by atoms with Crippen molar-refractivity contribution in [1.82, 2.24) is 5.32 Å². The minimum absolute atomic E-state index is 0.181. The molecule has 1 aromatic carbocycles. The van der Waals surface area contributed by atoms with E-state index in [2.05, 4.69) is 5.32 Å². The van der Waals surface area contributed by atoms with Crippen molar-refractivity contribution in [1.29, 1.82) is 0 Å². The van der Waals surface area contributed by atoms with Crippen molar-refractivity contribution in [2.24, 2.45) is 0 Å². The number of carbonyl (C=O) groups excluding carboxylic acids is 2. The van der Waals surface area contributed by atoms with E-state index in [1.807, 2.05) is 0 Å². The largest absolute Gasteiger partial charge is 0.478 e. The Morgan fingerprint density at radius 1 is 0.968 bits per heavy atom. The number of rotatable bonds is 8. The average Bonchev–Trinajstić information content (AvgIpc) is 2.71. The molecule has 0 atom stereocenters. The van der Waals surface area contributed by atoms with Crippen molar-refractivity contribution in [3.8, 4) is 0 Å². The molecule has 0 bridgehead atoms. The fourth-order valence-electron chi connectivity index (χ4n) is 3.67. The zero-order valence-corrected chi connectivity index (χ0v) is 18.6. The lowest BCUT2D eigenvalue weighted by Gasteiger charge is -2.31. The Labute approximate surface area is 182 Å². The van der Waals surface area contributed by atoms with E-state index in [1.165, 1.54) is 0 Å². The van der Waals surface area contributed by atoms with E-state index in [9.17, 15) is 19.5 Å². The monoisotopic (exact) mass is 427 g/mol. The van der Waals surface area contributed by atoms with E-state index in [-0.39, 0.29) is 18.8 Å². The summed E-state index contributed by atoms with van der Waals surface area (Å²) >= 11 is 0. The standard InChI is InChI=1S/C24H29NO6/c1-6-16(22(26)27)13-17-11-9-10-12-18(17)21-19(23(28)30-7-2)14(4)25-15(5)20(21)24(29)31-8-3/h9-13,21,25H,6-8H2,1-5H3,(H,26,27)/b16-13-. The van der Waals surface area contributed by atoms with Gasteiger partial charge in [0, 0.05) is 17.0 Å². The van der Waals surface area contributed by atoms with Gasteiger partial charge in [-0.1, -0.05) is 31.2 Å². The Balaban J connectivity index is 2.80. The third-order valence-corrected chi connectivity index (χ3v) is 5.04. The Kier molecular flexibility index (Phi) is 8.19. The lowest BCUT2D eigenvalue weighted by molar-refractivity contribution is -0.139. The van der Waals surface area contributed by atoms with E-state index < -0.39 is 23.8 Å². The van der Waals surface area contributed by atoms with Gasteiger partial charge in [0.1, 0.15) is 0 Å². The van der Waals surface area contributed by atoms with Gasteiger partial charge in [-0.25, -0.2) is 14.4 Å². The molecular weight excluding hydrogens is 398 g/mol. The van der Waals surface area contributed by atoms with Crippen molar-refractivity contribution in [2.75, 3.05) is 13.2 Å². The number of nitrogens with one attached hydrogen (secondary N) is 1. The van der Waals surface area contributed by atoms with Crippen LogP contribution in [0, 0.1) is 0 Å². The summed E-state index contributed by atoms with van der Waals surface area (Å²) in [6.45, 7) is 9.04. The van der Waals surface area contributed by atoms with Crippen LogP contribution in [-0.4, -0.2) is 36.2 Å². The highest BCUT2D eigenvalue weighted by atomic mass is 16.5.